The third-order valence-corrected chi connectivity index (χ3v) is 14.3. The fourth-order valence-electron chi connectivity index (χ4n) is 6.44. The number of carbonyl (C=O) groups excluding carboxylic acids is 3. The van der Waals surface area contributed by atoms with Crippen LogP contribution in [0.5, 0.6) is 0 Å². The van der Waals surface area contributed by atoms with Crippen LogP contribution in [0.25, 0.3) is 11.2 Å². The summed E-state index contributed by atoms with van der Waals surface area (Å²) in [4.78, 5) is 99.0. The molecular formula is C41H64N7O22P3S. The van der Waals surface area contributed by atoms with Crippen LogP contribution < -0.4 is 16.4 Å². The molecule has 29 nitrogen and oxygen atoms in total. The van der Waals surface area contributed by atoms with E-state index in [1.807, 2.05) is 0 Å². The Labute approximate surface area is 428 Å². The number of nitrogen functional groups attached to an aromatic ring is 1. The zero-order valence-electron chi connectivity index (χ0n) is 40.1. The number of nitrogens with zero attached hydrogens (tertiary/aromatic N) is 4. The molecule has 416 valence electrons. The van der Waals surface area contributed by atoms with E-state index in [0.29, 0.717) is 32.1 Å². The highest BCUT2D eigenvalue weighted by Crippen LogP contribution is 2.61. The molecule has 0 bridgehead atoms. The number of anilines is 1. The van der Waals surface area contributed by atoms with Crippen LogP contribution in [0.1, 0.15) is 71.4 Å². The fourth-order valence-corrected chi connectivity index (χ4v) is 10.0. The number of phosphoric acid groups is 3. The van der Waals surface area contributed by atoms with Crippen molar-refractivity contribution in [2.45, 2.75) is 114 Å². The number of phosphoric ester groups is 3. The van der Waals surface area contributed by atoms with Crippen LogP contribution in [0, 0.1) is 5.41 Å². The van der Waals surface area contributed by atoms with E-state index < -0.39 is 109 Å². The number of rotatable bonds is 34. The van der Waals surface area contributed by atoms with Gasteiger partial charge in [0.15, 0.2) is 22.8 Å². The van der Waals surface area contributed by atoms with E-state index in [-0.39, 0.29) is 60.2 Å². The number of allylic oxidation sites excluding steroid dienone is 5. The van der Waals surface area contributed by atoms with Crippen molar-refractivity contribution in [1.82, 2.24) is 30.2 Å². The number of fused-ring (bicyclic) bond motifs is 1. The Morgan fingerprint density at radius 2 is 1.58 bits per heavy atom. The summed E-state index contributed by atoms with van der Waals surface area (Å²) in [6.07, 6.45) is 5.25. The molecule has 0 aliphatic carbocycles. The summed E-state index contributed by atoms with van der Waals surface area (Å²) in [7, 11) is -16.5. The average Bonchev–Trinajstić information content (AvgIpc) is 3.86. The first kappa shape index (κ1) is 64.2. The minimum Gasteiger partial charge on any atom is -0.481 e. The molecule has 1 saturated heterocycles. The monoisotopic (exact) mass is 1130 g/mol. The normalized spacial score (nSPS) is 21.0. The molecule has 74 heavy (non-hydrogen) atoms. The van der Waals surface area contributed by atoms with E-state index in [4.69, 9.17) is 24.6 Å². The number of carboxylic acid groups (broad SMARTS) is 1. The maximum absolute atomic E-state index is 12.8. The maximum atomic E-state index is 12.8. The van der Waals surface area contributed by atoms with E-state index >= 15 is 0 Å². The second-order valence-electron chi connectivity index (χ2n) is 17.0. The number of amides is 2. The first-order chi connectivity index (χ1) is 34.6. The van der Waals surface area contributed by atoms with Gasteiger partial charge in [-0.3, -0.25) is 37.3 Å². The summed E-state index contributed by atoms with van der Waals surface area (Å²) >= 11 is 0.903. The van der Waals surface area contributed by atoms with Crippen LogP contribution in [0.3, 0.4) is 0 Å². The van der Waals surface area contributed by atoms with Crippen molar-refractivity contribution in [2.24, 2.45) is 5.41 Å². The molecule has 14 N–H and O–H groups in total. The van der Waals surface area contributed by atoms with Gasteiger partial charge in [0.1, 0.15) is 36.3 Å². The number of ether oxygens (including phenoxy) is 1. The van der Waals surface area contributed by atoms with Crippen molar-refractivity contribution in [1.29, 1.82) is 0 Å². The largest absolute Gasteiger partial charge is 0.481 e. The third-order valence-electron chi connectivity index (χ3n) is 10.3. The summed E-state index contributed by atoms with van der Waals surface area (Å²) in [5.74, 6) is -2.33. The lowest BCUT2D eigenvalue weighted by Crippen LogP contribution is -2.46. The number of nitrogens with one attached hydrogen (secondary N) is 2. The lowest BCUT2D eigenvalue weighted by molar-refractivity contribution is -0.138. The number of imidazole rings is 1. The Kier molecular flexibility index (Phi) is 26.5. The van der Waals surface area contributed by atoms with Gasteiger partial charge >= 0.3 is 29.4 Å². The molecule has 2 amide bonds. The molecule has 1 aliphatic rings. The smallest absolute Gasteiger partial charge is 0.481 e. The number of aliphatic hydroxyl groups excluding tert-OH is 5. The predicted octanol–water partition coefficient (Wildman–Crippen LogP) is 0.788. The van der Waals surface area contributed by atoms with E-state index in [9.17, 15) is 78.0 Å². The van der Waals surface area contributed by atoms with Gasteiger partial charge in [0.25, 0.3) is 0 Å². The lowest BCUT2D eigenvalue weighted by atomic mass is 9.87. The van der Waals surface area contributed by atoms with Gasteiger partial charge in [0, 0.05) is 43.5 Å². The Hall–Kier alpha value is -4.13. The van der Waals surface area contributed by atoms with Crippen molar-refractivity contribution < 1.29 is 106 Å². The second kappa shape index (κ2) is 30.6. The van der Waals surface area contributed by atoms with Crippen molar-refractivity contribution in [3.8, 4) is 0 Å². The van der Waals surface area contributed by atoms with E-state index in [1.165, 1.54) is 19.9 Å². The van der Waals surface area contributed by atoms with Gasteiger partial charge in [0.05, 0.1) is 37.9 Å². The van der Waals surface area contributed by atoms with E-state index in [2.05, 4.69) is 34.4 Å². The van der Waals surface area contributed by atoms with Gasteiger partial charge in [0.2, 0.25) is 11.8 Å². The number of carboxylic acids is 1. The summed E-state index contributed by atoms with van der Waals surface area (Å²) < 4.78 is 62.4. The van der Waals surface area contributed by atoms with Crippen LogP contribution in [-0.2, 0) is 55.5 Å². The molecule has 2 aromatic rings. The molecule has 10 atom stereocenters. The van der Waals surface area contributed by atoms with Gasteiger partial charge in [-0.1, -0.05) is 74.2 Å². The Morgan fingerprint density at radius 1 is 0.905 bits per heavy atom. The Balaban J connectivity index is 1.31. The Morgan fingerprint density at radius 3 is 2.26 bits per heavy atom. The molecule has 0 radical (unpaired) electrons. The van der Waals surface area contributed by atoms with Gasteiger partial charge in [-0.25, -0.2) is 28.6 Å². The van der Waals surface area contributed by atoms with Gasteiger partial charge in [-0.15, -0.1) is 0 Å². The van der Waals surface area contributed by atoms with Crippen LogP contribution in [0.2, 0.25) is 0 Å². The highest BCUT2D eigenvalue weighted by Gasteiger charge is 2.50. The van der Waals surface area contributed by atoms with Gasteiger partial charge in [-0.05, 0) is 32.1 Å². The standard InChI is InChI=1S/C41H64N7O22P3S/c1-41(2,23-67-73(64,65)70-72(62,63)66-22-29-35(69-71(59,60)61)34(56)40(68-29)48-25-47-33-37(42)45-24-46-38(33)48)36(57)39(58)44-18-17-30(52)43-19-20-74-32(55)21-28(51)14-9-5-8-13-26(49)11-6-3-4-7-12-27(50)15-10-16-31(53)54/h3-8,11-12,24-29,34-36,40,49-51,56-57H,9-10,13-23H2,1-2H3,(H,43,52)(H,44,58)(H,53,54)(H,62,63)(H,64,65)(H2,42,45,46)(H2,59,60,61)/b4-3+,8-5+,11-6+,12-7+. The lowest BCUT2D eigenvalue weighted by Gasteiger charge is -2.30. The molecule has 10 unspecified atom stereocenters. The topological polar surface area (TPSA) is 462 Å². The molecule has 1 aliphatic heterocycles. The number of carbonyl (C=O) groups is 4. The Bertz CT molecular complexity index is 2440. The summed E-state index contributed by atoms with van der Waals surface area (Å²) in [6.45, 7) is 0.176. The molecule has 0 aromatic carbocycles. The number of aliphatic carboxylic acids is 1. The zero-order valence-corrected chi connectivity index (χ0v) is 43.6. The van der Waals surface area contributed by atoms with Gasteiger partial charge in [-0.2, -0.15) is 4.31 Å². The number of thioether (sulfide) groups is 1. The molecule has 3 heterocycles. The summed E-state index contributed by atoms with van der Waals surface area (Å²) in [6, 6.07) is 0. The average molecular weight is 1130 g/mol. The zero-order chi connectivity index (χ0) is 55.3. The van der Waals surface area contributed by atoms with Crippen molar-refractivity contribution >= 4 is 75.1 Å². The molecule has 2 aromatic heterocycles. The quantitative estimate of drug-likeness (QED) is 0.0199. The van der Waals surface area contributed by atoms with Crippen LogP contribution in [0.15, 0.2) is 61.3 Å². The highest BCUT2D eigenvalue weighted by atomic mass is 32.2. The maximum Gasteiger partial charge on any atom is 0.481 e. The van der Waals surface area contributed by atoms with Crippen LogP contribution in [0.4, 0.5) is 5.82 Å². The minimum absolute atomic E-state index is 0.0116. The van der Waals surface area contributed by atoms with Crippen molar-refractivity contribution in [3.63, 3.8) is 0 Å². The molecule has 0 saturated carbocycles. The first-order valence-corrected chi connectivity index (χ1v) is 28.1. The number of aromatic nitrogens is 4. The van der Waals surface area contributed by atoms with Gasteiger partial charge < -0.3 is 71.3 Å². The SMILES string of the molecule is CC(C)(COP(=O)(O)OP(=O)(O)OCC1OC(n2cnc3c(N)ncnc32)C(O)C1OP(=O)(O)O)C(O)C(=O)NCCC(=O)NCCSC(=O)CC(O)CC/C=C/CC(O)/C=C/C=C/C=C/C(O)CCCC(=O)O. The molecular weight excluding hydrogens is 1070 g/mol. The summed E-state index contributed by atoms with van der Waals surface area (Å²) in [5, 5.41) is 64.9. The molecule has 1 fully saturated rings. The number of hydrogen-bond acceptors (Lipinski definition) is 22. The molecule has 33 heteroatoms. The molecule has 3 rings (SSSR count). The predicted molar refractivity (Wildman–Crippen MR) is 262 cm³/mol. The number of aliphatic hydroxyl groups is 5. The highest BCUT2D eigenvalue weighted by molar-refractivity contribution is 8.13. The minimum atomic E-state index is -5.61. The van der Waals surface area contributed by atoms with E-state index in [0.717, 1.165) is 29.0 Å². The van der Waals surface area contributed by atoms with E-state index in [1.54, 1.807) is 42.5 Å². The third kappa shape index (κ3) is 23.8. The number of hydrogen-bond donors (Lipinski definition) is 13. The van der Waals surface area contributed by atoms with Crippen molar-refractivity contribution in [2.75, 3.05) is 37.8 Å². The van der Waals surface area contributed by atoms with Crippen LogP contribution in [-0.4, -0.2) is 167 Å². The second-order valence-corrected chi connectivity index (χ2v) is 22.4. The number of nitrogens with two attached hydrogens (primary N) is 1. The van der Waals surface area contributed by atoms with Crippen molar-refractivity contribution in [3.05, 3.63) is 61.3 Å². The van der Waals surface area contributed by atoms with Crippen LogP contribution >= 0.6 is 35.2 Å². The first-order valence-electron chi connectivity index (χ1n) is 22.6. The summed E-state index contributed by atoms with van der Waals surface area (Å²) in [5.41, 5.74) is 4.19. The fraction of sp³-hybridized carbons (Fsp3) is 0.585. The molecule has 0 spiro atoms.